The van der Waals surface area contributed by atoms with Crippen molar-refractivity contribution < 1.29 is 9.53 Å². The number of hydrogen-bond acceptors (Lipinski definition) is 7. The molecular weight excluding hydrogens is 502 g/mol. The van der Waals surface area contributed by atoms with Crippen molar-refractivity contribution in [2.75, 3.05) is 11.1 Å². The van der Waals surface area contributed by atoms with Crippen molar-refractivity contribution in [1.82, 2.24) is 19.7 Å². The number of nitrogens with one attached hydrogen (secondary N) is 1. The molecule has 5 aromatic rings. The number of nitrogens with zero attached hydrogens (tertiary/aromatic N) is 4. The van der Waals surface area contributed by atoms with Crippen molar-refractivity contribution >= 4 is 44.9 Å². The van der Waals surface area contributed by atoms with E-state index in [-0.39, 0.29) is 18.3 Å². The molecule has 0 atom stereocenters. The van der Waals surface area contributed by atoms with Gasteiger partial charge < -0.3 is 10.1 Å². The van der Waals surface area contributed by atoms with Crippen LogP contribution in [0, 0.1) is 6.92 Å². The standard InChI is InChI=1S/C28H25N5O2S2/c1-3-15-33-25(16-35-24-14-13-20-9-7-8-12-22(20)19(24)2)31-32-28(33)37-18-26(34)30-27-29-23(17-36-27)21-10-5-4-6-11-21/h3-14,17H,1,15-16,18H2,2H3,(H,29,30,34). The van der Waals surface area contributed by atoms with E-state index in [0.717, 1.165) is 28.0 Å². The van der Waals surface area contributed by atoms with Gasteiger partial charge in [-0.15, -0.1) is 28.1 Å². The highest BCUT2D eigenvalue weighted by Gasteiger charge is 2.16. The number of ether oxygens (including phenoxy) is 1. The Balaban J connectivity index is 1.22. The lowest BCUT2D eigenvalue weighted by atomic mass is 10.0. The van der Waals surface area contributed by atoms with Crippen molar-refractivity contribution in [1.29, 1.82) is 0 Å². The van der Waals surface area contributed by atoms with Crippen LogP contribution in [-0.4, -0.2) is 31.4 Å². The number of thioether (sulfide) groups is 1. The fraction of sp³-hybridized carbons (Fsp3) is 0.143. The number of benzene rings is 3. The molecule has 186 valence electrons. The number of thiazole rings is 1. The number of allylic oxidation sites excluding steroid dienone is 1. The summed E-state index contributed by atoms with van der Waals surface area (Å²) < 4.78 is 8.04. The summed E-state index contributed by atoms with van der Waals surface area (Å²) in [6.07, 6.45) is 1.78. The smallest absolute Gasteiger partial charge is 0.236 e. The summed E-state index contributed by atoms with van der Waals surface area (Å²) in [6.45, 7) is 6.67. The highest BCUT2D eigenvalue weighted by molar-refractivity contribution is 7.99. The van der Waals surface area contributed by atoms with E-state index in [1.54, 1.807) is 6.08 Å². The molecule has 9 heteroatoms. The molecule has 1 N–H and O–H groups in total. The molecule has 0 radical (unpaired) electrons. The molecule has 3 aromatic carbocycles. The second-order valence-corrected chi connectivity index (χ2v) is 10.0. The number of aromatic nitrogens is 4. The Bertz CT molecular complexity index is 1550. The lowest BCUT2D eigenvalue weighted by Gasteiger charge is -2.12. The Morgan fingerprint density at radius 1 is 1.11 bits per heavy atom. The zero-order valence-electron chi connectivity index (χ0n) is 20.3. The molecule has 37 heavy (non-hydrogen) atoms. The maximum Gasteiger partial charge on any atom is 0.236 e. The lowest BCUT2D eigenvalue weighted by Crippen LogP contribution is -2.15. The Kier molecular flexibility index (Phi) is 7.62. The van der Waals surface area contributed by atoms with Crippen LogP contribution in [0.2, 0.25) is 0 Å². The fourth-order valence-corrected chi connectivity index (χ4v) is 5.41. The van der Waals surface area contributed by atoms with E-state index in [0.29, 0.717) is 22.7 Å². The van der Waals surface area contributed by atoms with Crippen LogP contribution in [0.5, 0.6) is 5.75 Å². The number of anilines is 1. The van der Waals surface area contributed by atoms with E-state index in [1.807, 2.05) is 58.5 Å². The minimum absolute atomic E-state index is 0.156. The van der Waals surface area contributed by atoms with Crippen molar-refractivity contribution in [2.24, 2.45) is 0 Å². The largest absolute Gasteiger partial charge is 0.485 e. The molecule has 0 unspecified atom stereocenters. The van der Waals surface area contributed by atoms with E-state index in [1.165, 1.54) is 28.5 Å². The number of hydrogen-bond donors (Lipinski definition) is 1. The van der Waals surface area contributed by atoms with Crippen LogP contribution < -0.4 is 10.1 Å². The molecule has 0 saturated heterocycles. The Morgan fingerprint density at radius 3 is 2.76 bits per heavy atom. The van der Waals surface area contributed by atoms with E-state index in [4.69, 9.17) is 4.74 Å². The van der Waals surface area contributed by atoms with Crippen LogP contribution in [0.3, 0.4) is 0 Å². The minimum Gasteiger partial charge on any atom is -0.485 e. The molecule has 0 aliphatic carbocycles. The zero-order chi connectivity index (χ0) is 25.6. The number of aryl methyl sites for hydroxylation is 1. The van der Waals surface area contributed by atoms with Crippen LogP contribution in [0.4, 0.5) is 5.13 Å². The Morgan fingerprint density at radius 2 is 1.92 bits per heavy atom. The predicted octanol–water partition coefficient (Wildman–Crippen LogP) is 6.36. The number of fused-ring (bicyclic) bond motifs is 1. The second kappa shape index (κ2) is 11.4. The maximum atomic E-state index is 12.6. The zero-order valence-corrected chi connectivity index (χ0v) is 21.9. The van der Waals surface area contributed by atoms with Crippen LogP contribution in [0.15, 0.2) is 89.9 Å². The maximum absolute atomic E-state index is 12.6. The first-order valence-corrected chi connectivity index (χ1v) is 13.6. The molecule has 1 amide bonds. The molecule has 0 fully saturated rings. The molecule has 5 rings (SSSR count). The Hall–Kier alpha value is -3.95. The molecule has 2 aromatic heterocycles. The normalized spacial score (nSPS) is 10.9. The summed E-state index contributed by atoms with van der Waals surface area (Å²) in [5.74, 6) is 1.50. The summed E-state index contributed by atoms with van der Waals surface area (Å²) in [7, 11) is 0. The van der Waals surface area contributed by atoms with E-state index >= 15 is 0 Å². The highest BCUT2D eigenvalue weighted by Crippen LogP contribution is 2.28. The van der Waals surface area contributed by atoms with Gasteiger partial charge in [0, 0.05) is 17.5 Å². The third-order valence-electron chi connectivity index (χ3n) is 5.76. The van der Waals surface area contributed by atoms with Gasteiger partial charge in [-0.05, 0) is 29.3 Å². The predicted molar refractivity (Wildman–Crippen MR) is 150 cm³/mol. The highest BCUT2D eigenvalue weighted by atomic mass is 32.2. The Labute approximate surface area is 223 Å². The first kappa shape index (κ1) is 24.7. The second-order valence-electron chi connectivity index (χ2n) is 8.24. The van der Waals surface area contributed by atoms with Gasteiger partial charge in [0.15, 0.2) is 16.1 Å². The third kappa shape index (κ3) is 5.73. The van der Waals surface area contributed by atoms with Gasteiger partial charge in [0.05, 0.1) is 11.4 Å². The van der Waals surface area contributed by atoms with Crippen molar-refractivity contribution in [2.45, 2.75) is 25.2 Å². The SMILES string of the molecule is C=CCn1c(COc2ccc3ccccc3c2C)nnc1SCC(=O)Nc1nc(-c2ccccc2)cs1. The van der Waals surface area contributed by atoms with Crippen LogP contribution in [0.1, 0.15) is 11.4 Å². The molecule has 7 nitrogen and oxygen atoms in total. The summed E-state index contributed by atoms with van der Waals surface area (Å²) in [4.78, 5) is 17.1. The molecule has 2 heterocycles. The summed E-state index contributed by atoms with van der Waals surface area (Å²) >= 11 is 2.72. The van der Waals surface area contributed by atoms with Gasteiger partial charge in [-0.25, -0.2) is 4.98 Å². The first-order valence-electron chi connectivity index (χ1n) is 11.7. The molecular formula is C28H25N5O2S2. The van der Waals surface area contributed by atoms with Crippen molar-refractivity contribution in [3.05, 3.63) is 96.2 Å². The molecule has 0 aliphatic heterocycles. The van der Waals surface area contributed by atoms with Gasteiger partial charge in [0.1, 0.15) is 12.4 Å². The number of carbonyl (C=O) groups excluding carboxylic acids is 1. The average Bonchev–Trinajstić information content (AvgIpc) is 3.55. The van der Waals surface area contributed by atoms with E-state index < -0.39 is 0 Å². The summed E-state index contributed by atoms with van der Waals surface area (Å²) in [5.41, 5.74) is 2.93. The lowest BCUT2D eigenvalue weighted by molar-refractivity contribution is -0.113. The van der Waals surface area contributed by atoms with Crippen LogP contribution in [0.25, 0.3) is 22.0 Å². The quantitative estimate of drug-likeness (QED) is 0.168. The van der Waals surface area contributed by atoms with Gasteiger partial charge in [-0.3, -0.25) is 9.36 Å². The number of rotatable bonds is 10. The van der Waals surface area contributed by atoms with Gasteiger partial charge in [0.2, 0.25) is 5.91 Å². The van der Waals surface area contributed by atoms with Gasteiger partial charge in [0.25, 0.3) is 0 Å². The summed E-state index contributed by atoms with van der Waals surface area (Å²) in [6, 6.07) is 22.1. The third-order valence-corrected chi connectivity index (χ3v) is 7.49. The van der Waals surface area contributed by atoms with Gasteiger partial charge in [-0.2, -0.15) is 0 Å². The summed E-state index contributed by atoms with van der Waals surface area (Å²) in [5, 5.41) is 17.0. The van der Waals surface area contributed by atoms with Crippen molar-refractivity contribution in [3.63, 3.8) is 0 Å². The molecule has 0 bridgehead atoms. The van der Waals surface area contributed by atoms with Crippen molar-refractivity contribution in [3.8, 4) is 17.0 Å². The topological polar surface area (TPSA) is 81.9 Å². The first-order chi connectivity index (χ1) is 18.1. The van der Waals surface area contributed by atoms with Gasteiger partial charge >= 0.3 is 0 Å². The van der Waals surface area contributed by atoms with Gasteiger partial charge in [-0.1, -0.05) is 78.5 Å². The minimum atomic E-state index is -0.156. The van der Waals surface area contributed by atoms with E-state index in [9.17, 15) is 4.79 Å². The monoisotopic (exact) mass is 527 g/mol. The average molecular weight is 528 g/mol. The number of amides is 1. The number of carbonyl (C=O) groups is 1. The van der Waals surface area contributed by atoms with Crippen LogP contribution in [-0.2, 0) is 17.9 Å². The fourth-order valence-electron chi connectivity index (χ4n) is 3.91. The van der Waals surface area contributed by atoms with E-state index in [2.05, 4.69) is 52.2 Å². The van der Waals surface area contributed by atoms with Crippen LogP contribution >= 0.6 is 23.1 Å². The molecule has 0 aliphatic rings. The molecule has 0 saturated carbocycles. The molecule has 0 spiro atoms.